The molecule has 3 nitrogen and oxygen atoms in total. The number of aryl methyl sites for hydroxylation is 1. The van der Waals surface area contributed by atoms with Gasteiger partial charge in [0.05, 0.1) is 10.7 Å². The molecule has 1 unspecified atom stereocenters. The molecule has 0 radical (unpaired) electrons. The lowest BCUT2D eigenvalue weighted by Crippen LogP contribution is -2.26. The van der Waals surface area contributed by atoms with E-state index in [-0.39, 0.29) is 0 Å². The molecule has 1 aromatic heterocycles. The summed E-state index contributed by atoms with van der Waals surface area (Å²) in [7, 11) is 0. The van der Waals surface area contributed by atoms with Crippen molar-refractivity contribution in [2.45, 2.75) is 19.4 Å². The molecule has 1 atom stereocenters. The number of nitrogens with one attached hydrogen (secondary N) is 1. The molecule has 2 aromatic rings. The Morgan fingerprint density at radius 2 is 2.11 bits per heavy atom. The first-order valence-corrected chi connectivity index (χ1v) is 7.04. The maximum atomic E-state index is 5.83. The molecule has 3 N–H and O–H groups in total. The Morgan fingerprint density at radius 3 is 2.72 bits per heavy atom. The van der Waals surface area contributed by atoms with E-state index in [9.17, 15) is 0 Å². The zero-order valence-electron chi connectivity index (χ0n) is 10.6. The summed E-state index contributed by atoms with van der Waals surface area (Å²) in [6, 6.07) is 10.4. The minimum absolute atomic E-state index is 0.367. The molecule has 0 spiro atoms. The predicted octanol–water partition coefficient (Wildman–Crippen LogP) is 2.28. The van der Waals surface area contributed by atoms with E-state index >= 15 is 0 Å². The summed E-state index contributed by atoms with van der Waals surface area (Å²) in [5, 5.41) is 6.64. The summed E-state index contributed by atoms with van der Waals surface area (Å²) in [6.45, 7) is 4.39. The average molecular weight is 261 g/mol. The quantitative estimate of drug-likeness (QED) is 0.839. The Labute approximate surface area is 112 Å². The van der Waals surface area contributed by atoms with Gasteiger partial charge in [0.15, 0.2) is 0 Å². The summed E-state index contributed by atoms with van der Waals surface area (Å²) in [6.07, 6.45) is 0. The Bertz CT molecular complexity index is 467. The zero-order valence-corrected chi connectivity index (χ0v) is 11.4. The van der Waals surface area contributed by atoms with Crippen LogP contribution >= 0.6 is 11.3 Å². The van der Waals surface area contributed by atoms with Crippen LogP contribution in [0.4, 0.5) is 0 Å². The molecule has 2 rings (SSSR count). The van der Waals surface area contributed by atoms with Crippen molar-refractivity contribution < 1.29 is 0 Å². The number of thiazole rings is 1. The second-order valence-electron chi connectivity index (χ2n) is 4.33. The topological polar surface area (TPSA) is 50.9 Å². The third kappa shape index (κ3) is 3.63. The van der Waals surface area contributed by atoms with Crippen molar-refractivity contribution in [1.29, 1.82) is 0 Å². The van der Waals surface area contributed by atoms with Gasteiger partial charge in [-0.1, -0.05) is 30.3 Å². The fraction of sp³-hybridized carbons (Fsp3) is 0.357. The molecule has 0 aliphatic heterocycles. The van der Waals surface area contributed by atoms with Crippen LogP contribution in [0, 0.1) is 6.92 Å². The first-order valence-electron chi connectivity index (χ1n) is 6.16. The highest BCUT2D eigenvalue weighted by atomic mass is 32.1. The van der Waals surface area contributed by atoms with Crippen molar-refractivity contribution in [3.05, 3.63) is 52.0 Å². The van der Waals surface area contributed by atoms with Crippen molar-refractivity contribution in [2.75, 3.05) is 13.1 Å². The Hall–Kier alpha value is -1.23. The minimum atomic E-state index is 0.367. The van der Waals surface area contributed by atoms with E-state index in [2.05, 4.69) is 39.9 Å². The van der Waals surface area contributed by atoms with Crippen LogP contribution in [0.2, 0.25) is 0 Å². The fourth-order valence-electron chi connectivity index (χ4n) is 1.93. The molecule has 0 amide bonds. The fourth-order valence-corrected chi connectivity index (χ4v) is 2.54. The van der Waals surface area contributed by atoms with Crippen LogP contribution in [0.5, 0.6) is 0 Å². The van der Waals surface area contributed by atoms with E-state index in [0.717, 1.165) is 23.8 Å². The van der Waals surface area contributed by atoms with E-state index in [1.54, 1.807) is 11.3 Å². The summed E-state index contributed by atoms with van der Waals surface area (Å²) in [5.41, 5.74) is 8.24. The number of benzene rings is 1. The van der Waals surface area contributed by atoms with Crippen LogP contribution in [-0.4, -0.2) is 18.1 Å². The summed E-state index contributed by atoms with van der Waals surface area (Å²) >= 11 is 1.69. The largest absolute Gasteiger partial charge is 0.330 e. The smallest absolute Gasteiger partial charge is 0.0897 e. The van der Waals surface area contributed by atoms with E-state index < -0.39 is 0 Å². The second kappa shape index (κ2) is 6.64. The van der Waals surface area contributed by atoms with Crippen molar-refractivity contribution in [1.82, 2.24) is 10.3 Å². The molecule has 0 bridgehead atoms. The van der Waals surface area contributed by atoms with Crippen molar-refractivity contribution >= 4 is 11.3 Å². The van der Waals surface area contributed by atoms with Gasteiger partial charge >= 0.3 is 0 Å². The lowest BCUT2D eigenvalue weighted by atomic mass is 9.99. The van der Waals surface area contributed by atoms with E-state index in [1.807, 2.05) is 13.0 Å². The standard InChI is InChI=1S/C14H19N3S/c1-11-17-14(10-18-11)9-16-8-13(7-15)12-5-3-2-4-6-12/h2-6,10,13,16H,7-9,15H2,1H3. The maximum Gasteiger partial charge on any atom is 0.0897 e. The third-order valence-electron chi connectivity index (χ3n) is 2.92. The molecule has 0 aliphatic rings. The molecule has 0 aliphatic carbocycles. The number of nitrogens with two attached hydrogens (primary N) is 1. The molecule has 0 fully saturated rings. The maximum absolute atomic E-state index is 5.83. The highest BCUT2D eigenvalue weighted by Crippen LogP contribution is 2.13. The molecule has 4 heteroatoms. The highest BCUT2D eigenvalue weighted by molar-refractivity contribution is 7.09. The molecule has 0 saturated carbocycles. The predicted molar refractivity (Wildman–Crippen MR) is 76.8 cm³/mol. The number of nitrogens with zero attached hydrogens (tertiary/aromatic N) is 1. The van der Waals surface area contributed by atoms with E-state index in [1.165, 1.54) is 5.56 Å². The van der Waals surface area contributed by atoms with Gasteiger partial charge in [-0.3, -0.25) is 0 Å². The molecular weight excluding hydrogens is 242 g/mol. The van der Waals surface area contributed by atoms with E-state index in [0.29, 0.717) is 12.5 Å². The van der Waals surface area contributed by atoms with Gasteiger partial charge in [0.2, 0.25) is 0 Å². The summed E-state index contributed by atoms with van der Waals surface area (Å²) in [5.74, 6) is 0.367. The highest BCUT2D eigenvalue weighted by Gasteiger charge is 2.08. The van der Waals surface area contributed by atoms with Gasteiger partial charge in [0.25, 0.3) is 0 Å². The van der Waals surface area contributed by atoms with Gasteiger partial charge in [-0.15, -0.1) is 11.3 Å². The molecule has 18 heavy (non-hydrogen) atoms. The number of hydrogen-bond donors (Lipinski definition) is 2. The van der Waals surface area contributed by atoms with Gasteiger partial charge in [-0.25, -0.2) is 4.98 Å². The van der Waals surface area contributed by atoms with Crippen molar-refractivity contribution in [3.63, 3.8) is 0 Å². The first-order chi connectivity index (χ1) is 8.79. The Kier molecular flexibility index (Phi) is 4.87. The Balaban J connectivity index is 1.84. The van der Waals surface area contributed by atoms with Gasteiger partial charge in [-0.2, -0.15) is 0 Å². The van der Waals surface area contributed by atoms with Gasteiger partial charge < -0.3 is 11.1 Å². The molecule has 0 saturated heterocycles. The lowest BCUT2D eigenvalue weighted by molar-refractivity contribution is 0.584. The van der Waals surface area contributed by atoms with Crippen LogP contribution in [0.1, 0.15) is 22.2 Å². The van der Waals surface area contributed by atoms with Gasteiger partial charge in [-0.05, 0) is 12.5 Å². The van der Waals surface area contributed by atoms with Crippen molar-refractivity contribution in [2.24, 2.45) is 5.73 Å². The van der Waals surface area contributed by atoms with Gasteiger partial charge in [0.1, 0.15) is 0 Å². The molecule has 1 aromatic carbocycles. The van der Waals surface area contributed by atoms with Crippen molar-refractivity contribution in [3.8, 4) is 0 Å². The average Bonchev–Trinajstić information content (AvgIpc) is 2.81. The SMILES string of the molecule is Cc1nc(CNCC(CN)c2ccccc2)cs1. The number of aromatic nitrogens is 1. The van der Waals surface area contributed by atoms with Crippen LogP contribution in [0.3, 0.4) is 0 Å². The summed E-state index contributed by atoms with van der Waals surface area (Å²) < 4.78 is 0. The van der Waals surface area contributed by atoms with E-state index in [4.69, 9.17) is 5.73 Å². The third-order valence-corrected chi connectivity index (χ3v) is 3.74. The van der Waals surface area contributed by atoms with Crippen LogP contribution < -0.4 is 11.1 Å². The zero-order chi connectivity index (χ0) is 12.8. The Morgan fingerprint density at radius 1 is 1.33 bits per heavy atom. The van der Waals surface area contributed by atoms with Crippen LogP contribution in [0.15, 0.2) is 35.7 Å². The normalized spacial score (nSPS) is 12.6. The van der Waals surface area contributed by atoms with Gasteiger partial charge in [0, 0.05) is 30.9 Å². The monoisotopic (exact) mass is 261 g/mol. The number of rotatable bonds is 6. The minimum Gasteiger partial charge on any atom is -0.330 e. The number of hydrogen-bond acceptors (Lipinski definition) is 4. The van der Waals surface area contributed by atoms with Crippen LogP contribution in [0.25, 0.3) is 0 Å². The molecular formula is C14H19N3S. The first kappa shape index (κ1) is 13.2. The lowest BCUT2D eigenvalue weighted by Gasteiger charge is -2.15. The second-order valence-corrected chi connectivity index (χ2v) is 5.39. The molecule has 1 heterocycles. The van der Waals surface area contributed by atoms with Crippen LogP contribution in [-0.2, 0) is 6.54 Å². The molecule has 96 valence electrons. The summed E-state index contributed by atoms with van der Waals surface area (Å²) in [4.78, 5) is 4.43.